The molecule has 7 heteroatoms. The van der Waals surface area contributed by atoms with Gasteiger partial charge in [0.15, 0.2) is 0 Å². The van der Waals surface area contributed by atoms with Crippen LogP contribution in [0.25, 0.3) is 0 Å². The monoisotopic (exact) mass is 435 g/mol. The molecule has 3 aromatic rings. The standard InChI is InChI=1S/C21H16Cl3NO3/c22-14-3-1-2-13(10-14)8-9-28-20-12-16(24)4-6-18(20)25-21(27)17-11-15(23)5-7-19(17)26/h1-7,10-12,26H,8-9H2,(H,25,27). The molecule has 0 heterocycles. The Morgan fingerprint density at radius 2 is 1.64 bits per heavy atom. The summed E-state index contributed by atoms with van der Waals surface area (Å²) in [5, 5.41) is 14.1. The summed E-state index contributed by atoms with van der Waals surface area (Å²) in [6, 6.07) is 16.7. The van der Waals surface area contributed by atoms with E-state index in [9.17, 15) is 9.90 Å². The van der Waals surface area contributed by atoms with Crippen molar-refractivity contribution in [2.24, 2.45) is 0 Å². The number of carbonyl (C=O) groups is 1. The van der Waals surface area contributed by atoms with E-state index in [1.54, 1.807) is 18.2 Å². The van der Waals surface area contributed by atoms with Gasteiger partial charge in [0.25, 0.3) is 5.91 Å². The van der Waals surface area contributed by atoms with Crippen molar-refractivity contribution < 1.29 is 14.6 Å². The van der Waals surface area contributed by atoms with E-state index in [0.29, 0.717) is 39.5 Å². The van der Waals surface area contributed by atoms with E-state index in [4.69, 9.17) is 39.5 Å². The molecule has 0 spiro atoms. The molecule has 0 radical (unpaired) electrons. The molecule has 0 aromatic heterocycles. The van der Waals surface area contributed by atoms with Gasteiger partial charge in [-0.25, -0.2) is 0 Å². The maximum atomic E-state index is 12.5. The predicted molar refractivity (Wildman–Crippen MR) is 113 cm³/mol. The molecule has 1 amide bonds. The van der Waals surface area contributed by atoms with E-state index < -0.39 is 5.91 Å². The third kappa shape index (κ3) is 5.32. The van der Waals surface area contributed by atoms with E-state index >= 15 is 0 Å². The minimum Gasteiger partial charge on any atom is -0.507 e. The van der Waals surface area contributed by atoms with E-state index in [0.717, 1.165) is 5.56 Å². The van der Waals surface area contributed by atoms with Crippen molar-refractivity contribution in [2.75, 3.05) is 11.9 Å². The fourth-order valence-corrected chi connectivity index (χ4v) is 3.12. The molecule has 0 aliphatic heterocycles. The first-order valence-corrected chi connectivity index (χ1v) is 9.52. The van der Waals surface area contributed by atoms with E-state index in [1.807, 2.05) is 24.3 Å². The molecular formula is C21H16Cl3NO3. The second-order valence-corrected chi connectivity index (χ2v) is 7.29. The molecule has 0 aliphatic carbocycles. The Morgan fingerprint density at radius 1 is 0.929 bits per heavy atom. The van der Waals surface area contributed by atoms with Gasteiger partial charge in [0.2, 0.25) is 0 Å². The van der Waals surface area contributed by atoms with Crippen molar-refractivity contribution in [1.29, 1.82) is 0 Å². The Kier molecular flexibility index (Phi) is 6.68. The van der Waals surface area contributed by atoms with Crippen molar-refractivity contribution in [1.82, 2.24) is 0 Å². The Morgan fingerprint density at radius 3 is 2.43 bits per heavy atom. The highest BCUT2D eigenvalue weighted by molar-refractivity contribution is 6.31. The van der Waals surface area contributed by atoms with Crippen LogP contribution in [0.3, 0.4) is 0 Å². The van der Waals surface area contributed by atoms with E-state index in [1.165, 1.54) is 18.2 Å². The van der Waals surface area contributed by atoms with Crippen molar-refractivity contribution in [3.63, 3.8) is 0 Å². The zero-order valence-corrected chi connectivity index (χ0v) is 16.9. The zero-order valence-electron chi connectivity index (χ0n) is 14.6. The lowest BCUT2D eigenvalue weighted by Gasteiger charge is -2.14. The number of amides is 1. The molecular weight excluding hydrogens is 421 g/mol. The van der Waals surface area contributed by atoms with Crippen LogP contribution in [-0.4, -0.2) is 17.6 Å². The molecule has 0 bridgehead atoms. The van der Waals surface area contributed by atoms with Gasteiger partial charge < -0.3 is 15.2 Å². The van der Waals surface area contributed by atoms with Gasteiger partial charge in [-0.05, 0) is 48.0 Å². The van der Waals surface area contributed by atoms with Gasteiger partial charge in [-0.3, -0.25) is 4.79 Å². The average molecular weight is 437 g/mol. The Bertz CT molecular complexity index is 1010. The molecule has 0 saturated carbocycles. The summed E-state index contributed by atoms with van der Waals surface area (Å²) in [6.07, 6.45) is 0.634. The van der Waals surface area contributed by atoms with Crippen LogP contribution in [0.1, 0.15) is 15.9 Å². The van der Waals surface area contributed by atoms with Crippen LogP contribution in [0.15, 0.2) is 60.7 Å². The molecule has 28 heavy (non-hydrogen) atoms. The van der Waals surface area contributed by atoms with Crippen molar-refractivity contribution in [3.05, 3.63) is 86.9 Å². The van der Waals surface area contributed by atoms with Gasteiger partial charge in [-0.15, -0.1) is 0 Å². The molecule has 0 aliphatic rings. The summed E-state index contributed by atoms with van der Waals surface area (Å²) in [5.74, 6) is -0.259. The molecule has 2 N–H and O–H groups in total. The fraction of sp³-hybridized carbons (Fsp3) is 0.0952. The maximum Gasteiger partial charge on any atom is 0.259 e. The summed E-state index contributed by atoms with van der Waals surface area (Å²) in [6.45, 7) is 0.367. The first-order valence-electron chi connectivity index (χ1n) is 8.39. The summed E-state index contributed by atoms with van der Waals surface area (Å²) < 4.78 is 5.82. The third-order valence-corrected chi connectivity index (χ3v) is 4.64. The smallest absolute Gasteiger partial charge is 0.259 e. The van der Waals surface area contributed by atoms with Gasteiger partial charge in [-0.1, -0.05) is 46.9 Å². The summed E-state index contributed by atoms with van der Waals surface area (Å²) in [7, 11) is 0. The number of carbonyl (C=O) groups excluding carboxylic acids is 1. The van der Waals surface area contributed by atoms with E-state index in [-0.39, 0.29) is 11.3 Å². The highest BCUT2D eigenvalue weighted by atomic mass is 35.5. The SMILES string of the molecule is O=C(Nc1ccc(Cl)cc1OCCc1cccc(Cl)c1)c1cc(Cl)ccc1O. The Hall–Kier alpha value is -2.40. The fourth-order valence-electron chi connectivity index (χ4n) is 2.57. The minimum atomic E-state index is -0.512. The Balaban J connectivity index is 1.73. The second kappa shape index (κ2) is 9.20. The number of nitrogens with one attached hydrogen (secondary N) is 1. The number of phenols is 1. The van der Waals surface area contributed by atoms with Gasteiger partial charge in [0, 0.05) is 27.6 Å². The van der Waals surface area contributed by atoms with Crippen LogP contribution in [0.5, 0.6) is 11.5 Å². The molecule has 4 nitrogen and oxygen atoms in total. The zero-order chi connectivity index (χ0) is 20.1. The highest BCUT2D eigenvalue weighted by Crippen LogP contribution is 2.30. The number of hydrogen-bond acceptors (Lipinski definition) is 3. The second-order valence-electron chi connectivity index (χ2n) is 5.98. The molecule has 144 valence electrons. The van der Waals surface area contributed by atoms with Crippen molar-refractivity contribution in [2.45, 2.75) is 6.42 Å². The number of benzene rings is 3. The number of hydrogen-bond donors (Lipinski definition) is 2. The maximum absolute atomic E-state index is 12.5. The van der Waals surface area contributed by atoms with Crippen LogP contribution in [0.4, 0.5) is 5.69 Å². The quantitative estimate of drug-likeness (QED) is 0.482. The van der Waals surface area contributed by atoms with Gasteiger partial charge >= 0.3 is 0 Å². The van der Waals surface area contributed by atoms with Crippen molar-refractivity contribution >= 4 is 46.4 Å². The highest BCUT2D eigenvalue weighted by Gasteiger charge is 2.15. The Labute approximate surface area is 177 Å². The minimum absolute atomic E-state index is 0.0623. The molecule has 0 atom stereocenters. The number of anilines is 1. The number of ether oxygens (including phenoxy) is 1. The van der Waals surface area contributed by atoms with E-state index in [2.05, 4.69) is 5.32 Å². The number of phenolic OH excluding ortho intramolecular Hbond substituents is 1. The van der Waals surface area contributed by atoms with Crippen LogP contribution < -0.4 is 10.1 Å². The van der Waals surface area contributed by atoms with Crippen LogP contribution in [-0.2, 0) is 6.42 Å². The summed E-state index contributed by atoms with van der Waals surface area (Å²) in [4.78, 5) is 12.5. The van der Waals surface area contributed by atoms with Gasteiger partial charge in [0.1, 0.15) is 11.5 Å². The average Bonchev–Trinajstić information content (AvgIpc) is 2.66. The lowest BCUT2D eigenvalue weighted by molar-refractivity contribution is 0.102. The first-order chi connectivity index (χ1) is 13.4. The predicted octanol–water partition coefficient (Wildman–Crippen LogP) is 6.23. The first kappa shape index (κ1) is 20.3. The number of aromatic hydroxyl groups is 1. The summed E-state index contributed by atoms with van der Waals surface area (Å²) >= 11 is 18.0. The molecule has 0 saturated heterocycles. The molecule has 0 unspecified atom stereocenters. The molecule has 0 fully saturated rings. The third-order valence-electron chi connectivity index (χ3n) is 3.93. The van der Waals surface area contributed by atoms with Crippen LogP contribution >= 0.6 is 34.8 Å². The van der Waals surface area contributed by atoms with Gasteiger partial charge in [0.05, 0.1) is 17.9 Å². The number of halogens is 3. The van der Waals surface area contributed by atoms with Crippen LogP contribution in [0, 0.1) is 0 Å². The van der Waals surface area contributed by atoms with Crippen molar-refractivity contribution in [3.8, 4) is 11.5 Å². The van der Waals surface area contributed by atoms with Crippen LogP contribution in [0.2, 0.25) is 15.1 Å². The topological polar surface area (TPSA) is 58.6 Å². The largest absolute Gasteiger partial charge is 0.507 e. The summed E-state index contributed by atoms with van der Waals surface area (Å²) in [5.41, 5.74) is 1.52. The lowest BCUT2D eigenvalue weighted by Crippen LogP contribution is -2.13. The van der Waals surface area contributed by atoms with Gasteiger partial charge in [-0.2, -0.15) is 0 Å². The molecule has 3 aromatic carbocycles. The normalized spacial score (nSPS) is 10.5. The molecule has 3 rings (SSSR count). The number of rotatable bonds is 6. The lowest BCUT2D eigenvalue weighted by atomic mass is 10.1.